The number of amides is 1. The smallest absolute Gasteiger partial charge is 0.234 e. The molecule has 7 heteroatoms. The maximum absolute atomic E-state index is 14.5. The van der Waals surface area contributed by atoms with E-state index in [1.807, 2.05) is 62.4 Å². The van der Waals surface area contributed by atoms with Crippen molar-refractivity contribution in [1.82, 2.24) is 14.8 Å². The second kappa shape index (κ2) is 9.14. The van der Waals surface area contributed by atoms with Crippen LogP contribution in [0.3, 0.4) is 0 Å². The number of benzene rings is 3. The molecular formula is C24H21FN4OS. The Kier molecular flexibility index (Phi) is 6.13. The van der Waals surface area contributed by atoms with Crippen LogP contribution < -0.4 is 5.32 Å². The largest absolute Gasteiger partial charge is 0.325 e. The molecule has 0 bridgehead atoms. The number of hydrogen-bond donors (Lipinski definition) is 1. The van der Waals surface area contributed by atoms with E-state index >= 15 is 0 Å². The van der Waals surface area contributed by atoms with Crippen molar-refractivity contribution in [2.45, 2.75) is 19.0 Å². The monoisotopic (exact) mass is 432 g/mol. The van der Waals surface area contributed by atoms with Crippen molar-refractivity contribution in [1.29, 1.82) is 0 Å². The van der Waals surface area contributed by atoms with E-state index in [1.165, 1.54) is 17.8 Å². The summed E-state index contributed by atoms with van der Waals surface area (Å²) in [6.45, 7) is 3.97. The molecule has 0 saturated heterocycles. The molecule has 0 saturated carbocycles. The SMILES string of the molecule is Cc1ccc(NC(=O)CSc2nnc(-c3ccccc3F)n2-c2ccccc2)c(C)c1. The van der Waals surface area contributed by atoms with Crippen molar-refractivity contribution in [2.24, 2.45) is 0 Å². The molecule has 5 nitrogen and oxygen atoms in total. The minimum Gasteiger partial charge on any atom is -0.325 e. The number of thioether (sulfide) groups is 1. The highest BCUT2D eigenvalue weighted by molar-refractivity contribution is 7.99. The molecule has 1 amide bonds. The summed E-state index contributed by atoms with van der Waals surface area (Å²) in [5.41, 5.74) is 4.08. The highest BCUT2D eigenvalue weighted by atomic mass is 32.2. The predicted molar refractivity (Wildman–Crippen MR) is 122 cm³/mol. The van der Waals surface area contributed by atoms with Gasteiger partial charge in [-0.3, -0.25) is 9.36 Å². The Morgan fingerprint density at radius 3 is 2.48 bits per heavy atom. The Bertz CT molecular complexity index is 1220. The van der Waals surface area contributed by atoms with Gasteiger partial charge in [-0.1, -0.05) is 59.8 Å². The summed E-state index contributed by atoms with van der Waals surface area (Å²) in [7, 11) is 0. The minimum absolute atomic E-state index is 0.146. The normalized spacial score (nSPS) is 10.8. The molecule has 31 heavy (non-hydrogen) atoms. The molecule has 0 aliphatic rings. The lowest BCUT2D eigenvalue weighted by molar-refractivity contribution is -0.113. The molecule has 4 rings (SSSR count). The number of anilines is 1. The van der Waals surface area contributed by atoms with Crippen LogP contribution in [0, 0.1) is 19.7 Å². The quantitative estimate of drug-likeness (QED) is 0.413. The molecule has 1 N–H and O–H groups in total. The van der Waals surface area contributed by atoms with E-state index < -0.39 is 0 Å². The predicted octanol–water partition coefficient (Wildman–Crippen LogP) is 5.42. The highest BCUT2D eigenvalue weighted by Gasteiger charge is 2.19. The number of para-hydroxylation sites is 1. The zero-order chi connectivity index (χ0) is 21.8. The summed E-state index contributed by atoms with van der Waals surface area (Å²) in [5.74, 6) is 0.0139. The standard InChI is InChI=1S/C24H21FN4OS/c1-16-12-13-21(17(2)14-16)26-22(30)15-31-24-28-27-23(19-10-6-7-11-20(19)25)29(24)18-8-4-3-5-9-18/h3-14H,15H2,1-2H3,(H,26,30). The summed E-state index contributed by atoms with van der Waals surface area (Å²) >= 11 is 1.25. The maximum atomic E-state index is 14.5. The third-order valence-electron chi connectivity index (χ3n) is 4.75. The van der Waals surface area contributed by atoms with Gasteiger partial charge in [-0.15, -0.1) is 10.2 Å². The average Bonchev–Trinajstić information content (AvgIpc) is 3.19. The molecule has 0 aliphatic carbocycles. The van der Waals surface area contributed by atoms with Crippen molar-refractivity contribution in [3.63, 3.8) is 0 Å². The van der Waals surface area contributed by atoms with E-state index in [9.17, 15) is 9.18 Å². The fraction of sp³-hybridized carbons (Fsp3) is 0.125. The zero-order valence-corrected chi connectivity index (χ0v) is 18.0. The first-order valence-electron chi connectivity index (χ1n) is 9.78. The number of halogens is 1. The van der Waals surface area contributed by atoms with Gasteiger partial charge in [-0.05, 0) is 49.7 Å². The Morgan fingerprint density at radius 1 is 1.00 bits per heavy atom. The molecule has 0 unspecified atom stereocenters. The van der Waals surface area contributed by atoms with Crippen LogP contribution >= 0.6 is 11.8 Å². The minimum atomic E-state index is -0.378. The number of carbonyl (C=O) groups is 1. The van der Waals surface area contributed by atoms with E-state index in [0.717, 1.165) is 22.5 Å². The van der Waals surface area contributed by atoms with Gasteiger partial charge in [0.15, 0.2) is 11.0 Å². The maximum Gasteiger partial charge on any atom is 0.234 e. The third-order valence-corrected chi connectivity index (χ3v) is 5.68. The number of aryl methyl sites for hydroxylation is 2. The molecule has 1 heterocycles. The van der Waals surface area contributed by atoms with Crippen LogP contribution in [0.15, 0.2) is 78.0 Å². The zero-order valence-electron chi connectivity index (χ0n) is 17.2. The fourth-order valence-electron chi connectivity index (χ4n) is 3.26. The van der Waals surface area contributed by atoms with Gasteiger partial charge in [0.05, 0.1) is 11.3 Å². The number of hydrogen-bond acceptors (Lipinski definition) is 4. The summed E-state index contributed by atoms with van der Waals surface area (Å²) in [4.78, 5) is 12.6. The lowest BCUT2D eigenvalue weighted by Crippen LogP contribution is -2.15. The van der Waals surface area contributed by atoms with Crippen LogP contribution in [0.25, 0.3) is 17.1 Å². The summed E-state index contributed by atoms with van der Waals surface area (Å²) in [6, 6.07) is 21.8. The molecule has 0 fully saturated rings. The van der Waals surface area contributed by atoms with E-state index in [2.05, 4.69) is 15.5 Å². The van der Waals surface area contributed by atoms with Crippen LogP contribution in [-0.4, -0.2) is 26.4 Å². The molecule has 4 aromatic rings. The molecule has 1 aromatic heterocycles. The van der Waals surface area contributed by atoms with Gasteiger partial charge in [0.2, 0.25) is 5.91 Å². The number of nitrogens with zero attached hydrogens (tertiary/aromatic N) is 3. The van der Waals surface area contributed by atoms with E-state index in [0.29, 0.717) is 16.5 Å². The first-order chi connectivity index (χ1) is 15.0. The van der Waals surface area contributed by atoms with Crippen molar-refractivity contribution in [2.75, 3.05) is 11.1 Å². The molecular weight excluding hydrogens is 411 g/mol. The number of carbonyl (C=O) groups excluding carboxylic acids is 1. The Balaban J connectivity index is 1.60. The van der Waals surface area contributed by atoms with Gasteiger partial charge in [0.1, 0.15) is 5.82 Å². The lowest BCUT2D eigenvalue weighted by Gasteiger charge is -2.11. The van der Waals surface area contributed by atoms with Crippen molar-refractivity contribution < 1.29 is 9.18 Å². The van der Waals surface area contributed by atoms with Gasteiger partial charge in [0, 0.05) is 11.4 Å². The van der Waals surface area contributed by atoms with Crippen molar-refractivity contribution in [3.8, 4) is 17.1 Å². The van der Waals surface area contributed by atoms with Gasteiger partial charge in [-0.25, -0.2) is 4.39 Å². The average molecular weight is 433 g/mol. The first-order valence-corrected chi connectivity index (χ1v) is 10.8. The van der Waals surface area contributed by atoms with Gasteiger partial charge in [0.25, 0.3) is 0 Å². The Morgan fingerprint density at radius 2 is 1.74 bits per heavy atom. The second-order valence-electron chi connectivity index (χ2n) is 7.11. The first kappa shape index (κ1) is 20.8. The number of aromatic nitrogens is 3. The summed E-state index contributed by atoms with van der Waals surface area (Å²) in [6.07, 6.45) is 0. The van der Waals surface area contributed by atoms with Gasteiger partial charge in [-0.2, -0.15) is 0 Å². The van der Waals surface area contributed by atoms with Gasteiger partial charge >= 0.3 is 0 Å². The molecule has 0 radical (unpaired) electrons. The van der Waals surface area contributed by atoms with Crippen LogP contribution in [0.4, 0.5) is 10.1 Å². The molecule has 156 valence electrons. The molecule has 0 spiro atoms. The van der Waals surface area contributed by atoms with Crippen molar-refractivity contribution in [3.05, 3.63) is 89.7 Å². The van der Waals surface area contributed by atoms with Crippen molar-refractivity contribution >= 4 is 23.4 Å². The molecule has 0 atom stereocenters. The van der Waals surface area contributed by atoms with Crippen LogP contribution in [-0.2, 0) is 4.79 Å². The third kappa shape index (κ3) is 4.67. The number of rotatable bonds is 6. The molecule has 0 aliphatic heterocycles. The van der Waals surface area contributed by atoms with E-state index in [1.54, 1.807) is 22.8 Å². The Labute approximate surface area is 184 Å². The second-order valence-corrected chi connectivity index (χ2v) is 8.05. The van der Waals surface area contributed by atoms with E-state index in [-0.39, 0.29) is 17.5 Å². The van der Waals surface area contributed by atoms with E-state index in [4.69, 9.17) is 0 Å². The fourth-order valence-corrected chi connectivity index (χ4v) is 4.01. The topological polar surface area (TPSA) is 59.8 Å². The lowest BCUT2D eigenvalue weighted by atomic mass is 10.1. The summed E-state index contributed by atoms with van der Waals surface area (Å²) in [5, 5.41) is 11.9. The van der Waals surface area contributed by atoms with Crippen LogP contribution in [0.5, 0.6) is 0 Å². The summed E-state index contributed by atoms with van der Waals surface area (Å²) < 4.78 is 16.2. The van der Waals surface area contributed by atoms with Crippen LogP contribution in [0.2, 0.25) is 0 Å². The highest BCUT2D eigenvalue weighted by Crippen LogP contribution is 2.29. The molecule has 3 aromatic carbocycles. The Hall–Kier alpha value is -3.45. The van der Waals surface area contributed by atoms with Gasteiger partial charge < -0.3 is 5.32 Å². The van der Waals surface area contributed by atoms with Crippen LogP contribution in [0.1, 0.15) is 11.1 Å². The number of nitrogens with one attached hydrogen (secondary N) is 1.